The van der Waals surface area contributed by atoms with E-state index in [0.717, 1.165) is 34.3 Å². The highest BCUT2D eigenvalue weighted by molar-refractivity contribution is 7.99. The molecule has 0 aliphatic heterocycles. The van der Waals surface area contributed by atoms with Gasteiger partial charge in [-0.1, -0.05) is 18.7 Å². The summed E-state index contributed by atoms with van der Waals surface area (Å²) in [5.74, 6) is 2.17. The molecule has 0 atom stereocenters. The number of nitrogens with zero attached hydrogens (tertiary/aromatic N) is 2. The molecule has 1 aromatic heterocycles. The lowest BCUT2D eigenvalue weighted by atomic mass is 10.3. The maximum Gasteiger partial charge on any atom is 0.132 e. The van der Waals surface area contributed by atoms with Gasteiger partial charge in [-0.05, 0) is 30.7 Å². The Morgan fingerprint density at radius 1 is 1.21 bits per heavy atom. The predicted molar refractivity (Wildman–Crippen MR) is 77.6 cm³/mol. The van der Waals surface area contributed by atoms with Crippen LogP contribution in [0.5, 0.6) is 5.75 Å². The van der Waals surface area contributed by atoms with Crippen molar-refractivity contribution >= 4 is 17.6 Å². The Labute approximate surface area is 117 Å². The zero-order valence-corrected chi connectivity index (χ0v) is 11.9. The minimum absolute atomic E-state index is 0.523. The first-order chi connectivity index (χ1) is 9.21. The molecule has 0 aliphatic rings. The second-order valence-corrected chi connectivity index (χ2v) is 5.17. The van der Waals surface area contributed by atoms with Gasteiger partial charge in [0.25, 0.3) is 0 Å². The van der Waals surface area contributed by atoms with Gasteiger partial charge in [-0.25, -0.2) is 9.97 Å². The molecule has 2 rings (SSSR count). The van der Waals surface area contributed by atoms with Crippen molar-refractivity contribution in [3.8, 4) is 5.75 Å². The molecule has 0 fully saturated rings. The van der Waals surface area contributed by atoms with Crippen molar-refractivity contribution in [1.29, 1.82) is 0 Å². The van der Waals surface area contributed by atoms with Crippen LogP contribution in [0.25, 0.3) is 0 Å². The first-order valence-corrected chi connectivity index (χ1v) is 6.98. The minimum atomic E-state index is 0.523. The third-order valence-corrected chi connectivity index (χ3v) is 3.45. The van der Waals surface area contributed by atoms with Crippen molar-refractivity contribution in [3.05, 3.63) is 36.2 Å². The van der Waals surface area contributed by atoms with Gasteiger partial charge >= 0.3 is 0 Å². The molecular weight excluding hydrogens is 258 g/mol. The summed E-state index contributed by atoms with van der Waals surface area (Å²) >= 11 is 1.57. The molecule has 1 aromatic carbocycles. The van der Waals surface area contributed by atoms with Crippen LogP contribution in [-0.2, 0) is 6.42 Å². The van der Waals surface area contributed by atoms with E-state index in [1.807, 2.05) is 24.3 Å². The number of nitrogens with two attached hydrogens (primary N) is 1. The molecule has 0 bridgehead atoms. The van der Waals surface area contributed by atoms with Crippen molar-refractivity contribution in [2.75, 3.05) is 12.8 Å². The van der Waals surface area contributed by atoms with Crippen LogP contribution in [0.4, 0.5) is 5.82 Å². The fourth-order valence-corrected chi connectivity index (χ4v) is 2.49. The second kappa shape index (κ2) is 6.43. The summed E-state index contributed by atoms with van der Waals surface area (Å²) in [6, 6.07) is 9.66. The van der Waals surface area contributed by atoms with E-state index in [0.29, 0.717) is 5.82 Å². The van der Waals surface area contributed by atoms with Gasteiger partial charge in [0.05, 0.1) is 7.11 Å². The average Bonchev–Trinajstić information content (AvgIpc) is 2.39. The number of methoxy groups -OCH3 is 1. The fourth-order valence-electron chi connectivity index (χ4n) is 1.64. The highest BCUT2D eigenvalue weighted by atomic mass is 32.2. The summed E-state index contributed by atoms with van der Waals surface area (Å²) in [7, 11) is 1.66. The molecule has 0 amide bonds. The highest BCUT2D eigenvalue weighted by Crippen LogP contribution is 2.28. The van der Waals surface area contributed by atoms with Crippen LogP contribution in [-0.4, -0.2) is 17.1 Å². The summed E-state index contributed by atoms with van der Waals surface area (Å²) in [5, 5.41) is 0.876. The molecule has 19 heavy (non-hydrogen) atoms. The first kappa shape index (κ1) is 13.7. The largest absolute Gasteiger partial charge is 0.497 e. The number of aryl methyl sites for hydroxylation is 1. The zero-order chi connectivity index (χ0) is 13.7. The van der Waals surface area contributed by atoms with E-state index < -0.39 is 0 Å². The van der Waals surface area contributed by atoms with Crippen LogP contribution in [0.15, 0.2) is 40.3 Å². The minimum Gasteiger partial charge on any atom is -0.497 e. The first-order valence-electron chi connectivity index (χ1n) is 6.16. The van der Waals surface area contributed by atoms with E-state index in [1.54, 1.807) is 24.9 Å². The van der Waals surface area contributed by atoms with E-state index in [2.05, 4.69) is 16.9 Å². The maximum atomic E-state index is 5.80. The molecule has 0 aliphatic carbocycles. The Morgan fingerprint density at radius 3 is 2.58 bits per heavy atom. The summed E-state index contributed by atoms with van der Waals surface area (Å²) in [5.41, 5.74) is 5.80. The van der Waals surface area contributed by atoms with E-state index in [-0.39, 0.29) is 0 Å². The average molecular weight is 275 g/mol. The smallest absolute Gasteiger partial charge is 0.132 e. The molecule has 5 heteroatoms. The van der Waals surface area contributed by atoms with E-state index in [4.69, 9.17) is 10.5 Å². The predicted octanol–water partition coefficient (Wildman–Crippen LogP) is 3.17. The Kier molecular flexibility index (Phi) is 4.63. The molecule has 0 spiro atoms. The molecule has 0 radical (unpaired) electrons. The molecule has 100 valence electrons. The number of rotatable bonds is 5. The van der Waals surface area contributed by atoms with Crippen LogP contribution in [0, 0.1) is 0 Å². The Balaban J connectivity index is 2.17. The molecular formula is C14H17N3OS. The van der Waals surface area contributed by atoms with Crippen LogP contribution < -0.4 is 10.5 Å². The molecule has 2 N–H and O–H groups in total. The summed E-state index contributed by atoms with van der Waals surface area (Å²) in [6.45, 7) is 2.10. The molecule has 0 saturated carbocycles. The van der Waals surface area contributed by atoms with Gasteiger partial charge in [-0.2, -0.15) is 0 Å². The van der Waals surface area contributed by atoms with Gasteiger partial charge in [0.2, 0.25) is 0 Å². The third kappa shape index (κ3) is 3.86. The van der Waals surface area contributed by atoms with Gasteiger partial charge in [-0.3, -0.25) is 0 Å². The summed E-state index contributed by atoms with van der Waals surface area (Å²) in [6.07, 6.45) is 1.86. The lowest BCUT2D eigenvalue weighted by Gasteiger charge is -2.05. The molecule has 0 saturated heterocycles. The van der Waals surface area contributed by atoms with Gasteiger partial charge in [0.1, 0.15) is 22.4 Å². The topological polar surface area (TPSA) is 61.0 Å². The monoisotopic (exact) mass is 275 g/mol. The number of hydrogen-bond donors (Lipinski definition) is 1. The van der Waals surface area contributed by atoms with Crippen molar-refractivity contribution in [2.24, 2.45) is 0 Å². The van der Waals surface area contributed by atoms with Gasteiger partial charge in [-0.15, -0.1) is 0 Å². The second-order valence-electron chi connectivity index (χ2n) is 4.07. The van der Waals surface area contributed by atoms with Gasteiger partial charge in [0, 0.05) is 17.4 Å². The number of ether oxygens (including phenoxy) is 1. The van der Waals surface area contributed by atoms with E-state index >= 15 is 0 Å². The number of anilines is 1. The van der Waals surface area contributed by atoms with Crippen LogP contribution in [0.2, 0.25) is 0 Å². The molecule has 4 nitrogen and oxygen atoms in total. The Bertz CT molecular complexity index is 543. The van der Waals surface area contributed by atoms with E-state index in [9.17, 15) is 0 Å². The molecule has 1 heterocycles. The Hall–Kier alpha value is -1.75. The van der Waals surface area contributed by atoms with Crippen LogP contribution in [0.3, 0.4) is 0 Å². The van der Waals surface area contributed by atoms with Crippen LogP contribution >= 0.6 is 11.8 Å². The summed E-state index contributed by atoms with van der Waals surface area (Å²) in [4.78, 5) is 9.83. The van der Waals surface area contributed by atoms with Crippen molar-refractivity contribution < 1.29 is 4.74 Å². The molecule has 2 aromatic rings. The number of hydrogen-bond acceptors (Lipinski definition) is 5. The normalized spacial score (nSPS) is 10.4. The number of aromatic nitrogens is 2. The quantitative estimate of drug-likeness (QED) is 0.849. The standard InChI is InChI=1S/C14H17N3OS/c1-3-4-13-16-12(15)9-14(17-13)19-11-7-5-10(18-2)6-8-11/h5-9H,3-4H2,1-2H3,(H2,15,16,17). The van der Waals surface area contributed by atoms with E-state index in [1.165, 1.54) is 0 Å². The summed E-state index contributed by atoms with van der Waals surface area (Å²) < 4.78 is 5.13. The zero-order valence-electron chi connectivity index (χ0n) is 11.1. The molecule has 0 unspecified atom stereocenters. The van der Waals surface area contributed by atoms with Gasteiger partial charge < -0.3 is 10.5 Å². The van der Waals surface area contributed by atoms with Gasteiger partial charge in [0.15, 0.2) is 0 Å². The fraction of sp³-hybridized carbons (Fsp3) is 0.286. The highest BCUT2D eigenvalue weighted by Gasteiger charge is 2.04. The maximum absolute atomic E-state index is 5.80. The van der Waals surface area contributed by atoms with Crippen molar-refractivity contribution in [1.82, 2.24) is 9.97 Å². The van der Waals surface area contributed by atoms with Crippen molar-refractivity contribution in [2.45, 2.75) is 29.7 Å². The number of benzene rings is 1. The number of nitrogen functional groups attached to an aromatic ring is 1. The van der Waals surface area contributed by atoms with Crippen molar-refractivity contribution in [3.63, 3.8) is 0 Å². The third-order valence-electron chi connectivity index (χ3n) is 2.52. The lowest BCUT2D eigenvalue weighted by Crippen LogP contribution is -2.00. The SMILES string of the molecule is CCCc1nc(N)cc(Sc2ccc(OC)cc2)n1. The van der Waals surface area contributed by atoms with Crippen LogP contribution in [0.1, 0.15) is 19.2 Å². The lowest BCUT2D eigenvalue weighted by molar-refractivity contribution is 0.414. The Morgan fingerprint density at radius 2 is 1.95 bits per heavy atom.